The summed E-state index contributed by atoms with van der Waals surface area (Å²) in [6.07, 6.45) is 2.32. The number of para-hydroxylation sites is 1. The molecular weight excluding hydrogens is 366 g/mol. The van der Waals surface area contributed by atoms with Gasteiger partial charge in [0.25, 0.3) is 5.91 Å². The Balaban J connectivity index is 1.96. The molecule has 3 aromatic rings. The summed E-state index contributed by atoms with van der Waals surface area (Å²) >= 11 is 0. The summed E-state index contributed by atoms with van der Waals surface area (Å²) in [7, 11) is 3.13. The first-order valence-corrected chi connectivity index (χ1v) is 9.29. The minimum atomic E-state index is -0.241. The number of nitrogens with one attached hydrogen (secondary N) is 1. The number of carbonyl (C=O) groups excluding carboxylic acids is 1. The molecule has 0 aliphatic heterocycles. The van der Waals surface area contributed by atoms with E-state index in [-0.39, 0.29) is 5.91 Å². The van der Waals surface area contributed by atoms with E-state index in [0.717, 1.165) is 22.6 Å². The van der Waals surface area contributed by atoms with Crippen LogP contribution in [-0.4, -0.2) is 29.9 Å². The topological polar surface area (TPSA) is 65.4 Å². The molecule has 2 aromatic carbocycles. The van der Waals surface area contributed by atoms with Crippen molar-refractivity contribution in [3.05, 3.63) is 77.6 Å². The zero-order valence-electron chi connectivity index (χ0n) is 17.2. The molecule has 0 bridgehead atoms. The Morgan fingerprint density at radius 2 is 1.90 bits per heavy atom. The fourth-order valence-corrected chi connectivity index (χ4v) is 3.31. The van der Waals surface area contributed by atoms with Crippen LogP contribution < -0.4 is 14.8 Å². The Morgan fingerprint density at radius 3 is 2.52 bits per heavy atom. The van der Waals surface area contributed by atoms with E-state index in [0.29, 0.717) is 29.2 Å². The summed E-state index contributed by atoms with van der Waals surface area (Å²) in [5.74, 6) is 0.869. The molecule has 1 heterocycles. The first kappa shape index (κ1) is 20.2. The third kappa shape index (κ3) is 4.01. The first-order chi connectivity index (χ1) is 14.0. The number of hydrogen-bond donors (Lipinski definition) is 1. The molecule has 0 aliphatic carbocycles. The summed E-state index contributed by atoms with van der Waals surface area (Å²) < 4.78 is 12.7. The lowest BCUT2D eigenvalue weighted by Crippen LogP contribution is -2.14. The molecule has 150 valence electrons. The van der Waals surface area contributed by atoms with Crippen molar-refractivity contribution in [2.45, 2.75) is 20.3 Å². The van der Waals surface area contributed by atoms with Crippen LogP contribution >= 0.6 is 0 Å². The number of methoxy groups -OCH3 is 2. The number of nitrogens with zero attached hydrogens (tertiary/aromatic N) is 2. The van der Waals surface area contributed by atoms with Gasteiger partial charge in [0.15, 0.2) is 11.5 Å². The van der Waals surface area contributed by atoms with Crippen molar-refractivity contribution >= 4 is 11.6 Å². The molecule has 1 N–H and O–H groups in total. The van der Waals surface area contributed by atoms with Crippen LogP contribution in [-0.2, 0) is 6.42 Å². The van der Waals surface area contributed by atoms with Crippen LogP contribution in [0.1, 0.15) is 27.3 Å². The Bertz CT molecular complexity index is 1040. The molecule has 6 nitrogen and oxygen atoms in total. The lowest BCUT2D eigenvalue weighted by molar-refractivity contribution is 0.102. The molecule has 0 atom stereocenters. The number of aryl methyl sites for hydroxylation is 1. The number of carbonyl (C=O) groups is 1. The van der Waals surface area contributed by atoms with Crippen molar-refractivity contribution in [2.24, 2.45) is 0 Å². The van der Waals surface area contributed by atoms with Gasteiger partial charge in [0.2, 0.25) is 0 Å². The highest BCUT2D eigenvalue weighted by Crippen LogP contribution is 2.34. The minimum absolute atomic E-state index is 0.241. The van der Waals surface area contributed by atoms with Crippen molar-refractivity contribution in [1.29, 1.82) is 0 Å². The van der Waals surface area contributed by atoms with Crippen LogP contribution in [0, 0.1) is 13.8 Å². The molecule has 0 saturated heterocycles. The molecule has 3 rings (SSSR count). The summed E-state index contributed by atoms with van der Waals surface area (Å²) in [4.78, 5) is 13.0. The first-order valence-electron chi connectivity index (χ1n) is 9.29. The van der Waals surface area contributed by atoms with Gasteiger partial charge < -0.3 is 14.8 Å². The molecule has 0 aliphatic rings. The summed E-state index contributed by atoms with van der Waals surface area (Å²) in [6, 6.07) is 13.3. The molecule has 0 saturated carbocycles. The number of rotatable bonds is 7. The third-order valence-corrected chi connectivity index (χ3v) is 4.71. The predicted octanol–water partition coefficient (Wildman–Crippen LogP) is 4.49. The second-order valence-electron chi connectivity index (χ2n) is 6.61. The highest BCUT2D eigenvalue weighted by Gasteiger charge is 2.19. The predicted molar refractivity (Wildman–Crippen MR) is 114 cm³/mol. The summed E-state index contributed by atoms with van der Waals surface area (Å²) in [6.45, 7) is 7.58. The molecule has 0 fully saturated rings. The Morgan fingerprint density at radius 1 is 1.17 bits per heavy atom. The average Bonchev–Trinajstić information content (AvgIpc) is 3.02. The van der Waals surface area contributed by atoms with E-state index in [1.165, 1.54) is 0 Å². The zero-order chi connectivity index (χ0) is 21.0. The molecule has 29 heavy (non-hydrogen) atoms. The number of benzene rings is 2. The van der Waals surface area contributed by atoms with E-state index in [9.17, 15) is 4.79 Å². The van der Waals surface area contributed by atoms with Crippen LogP contribution in [0.3, 0.4) is 0 Å². The maximum atomic E-state index is 13.0. The maximum Gasteiger partial charge on any atom is 0.255 e. The maximum absolute atomic E-state index is 13.0. The average molecular weight is 391 g/mol. The molecule has 0 spiro atoms. The number of amides is 1. The Labute approximate surface area is 170 Å². The number of ether oxygens (including phenoxy) is 2. The smallest absolute Gasteiger partial charge is 0.255 e. The van der Waals surface area contributed by atoms with Gasteiger partial charge in [-0.3, -0.25) is 4.79 Å². The SMILES string of the molecule is C=CCc1cc(C(=O)Nc2c(C)nn(-c3ccccc3)c2C)cc(OC)c1OC. The van der Waals surface area contributed by atoms with E-state index in [1.54, 1.807) is 32.4 Å². The van der Waals surface area contributed by atoms with E-state index in [1.807, 2.05) is 48.9 Å². The van der Waals surface area contributed by atoms with Crippen molar-refractivity contribution in [3.8, 4) is 17.2 Å². The van der Waals surface area contributed by atoms with Gasteiger partial charge in [0.1, 0.15) is 0 Å². The van der Waals surface area contributed by atoms with Gasteiger partial charge in [-0.1, -0.05) is 24.3 Å². The second kappa shape index (κ2) is 8.65. The van der Waals surface area contributed by atoms with Crippen molar-refractivity contribution < 1.29 is 14.3 Å². The van der Waals surface area contributed by atoms with Crippen molar-refractivity contribution in [2.75, 3.05) is 19.5 Å². The highest BCUT2D eigenvalue weighted by molar-refractivity contribution is 6.05. The van der Waals surface area contributed by atoms with Crippen LogP contribution in [0.15, 0.2) is 55.1 Å². The van der Waals surface area contributed by atoms with E-state index >= 15 is 0 Å². The van der Waals surface area contributed by atoms with Crippen LogP contribution in [0.25, 0.3) is 5.69 Å². The van der Waals surface area contributed by atoms with Crippen LogP contribution in [0.4, 0.5) is 5.69 Å². The highest BCUT2D eigenvalue weighted by atomic mass is 16.5. The van der Waals surface area contributed by atoms with E-state index in [4.69, 9.17) is 9.47 Å². The fraction of sp³-hybridized carbons (Fsp3) is 0.217. The van der Waals surface area contributed by atoms with Crippen LogP contribution in [0.2, 0.25) is 0 Å². The van der Waals surface area contributed by atoms with Gasteiger partial charge in [-0.05, 0) is 44.5 Å². The number of hydrogen-bond acceptors (Lipinski definition) is 4. The standard InChI is InChI=1S/C23H25N3O3/c1-6-10-17-13-18(14-20(28-4)22(17)29-5)23(27)24-21-15(2)25-26(16(21)3)19-11-8-7-9-12-19/h6-9,11-14H,1,10H2,2-5H3,(H,24,27). The quantitative estimate of drug-likeness (QED) is 0.603. The molecule has 1 amide bonds. The monoisotopic (exact) mass is 391 g/mol. The molecule has 6 heteroatoms. The van der Waals surface area contributed by atoms with Gasteiger partial charge >= 0.3 is 0 Å². The van der Waals surface area contributed by atoms with Gasteiger partial charge in [-0.2, -0.15) is 5.10 Å². The minimum Gasteiger partial charge on any atom is -0.493 e. The van der Waals surface area contributed by atoms with Gasteiger partial charge in [-0.15, -0.1) is 6.58 Å². The van der Waals surface area contributed by atoms with Gasteiger partial charge in [0, 0.05) is 11.1 Å². The lowest BCUT2D eigenvalue weighted by atomic mass is 10.0. The van der Waals surface area contributed by atoms with Gasteiger partial charge in [-0.25, -0.2) is 4.68 Å². The van der Waals surface area contributed by atoms with Crippen LogP contribution in [0.5, 0.6) is 11.5 Å². The third-order valence-electron chi connectivity index (χ3n) is 4.71. The second-order valence-corrected chi connectivity index (χ2v) is 6.61. The normalized spacial score (nSPS) is 10.5. The Hall–Kier alpha value is -3.54. The number of aromatic nitrogens is 2. The van der Waals surface area contributed by atoms with Gasteiger partial charge in [0.05, 0.1) is 37.0 Å². The zero-order valence-corrected chi connectivity index (χ0v) is 17.2. The lowest BCUT2D eigenvalue weighted by Gasteiger charge is -2.14. The summed E-state index contributed by atoms with van der Waals surface area (Å²) in [5, 5.41) is 7.58. The fourth-order valence-electron chi connectivity index (χ4n) is 3.31. The molecule has 0 unspecified atom stereocenters. The van der Waals surface area contributed by atoms with E-state index in [2.05, 4.69) is 17.0 Å². The van der Waals surface area contributed by atoms with Crippen molar-refractivity contribution in [1.82, 2.24) is 9.78 Å². The van der Waals surface area contributed by atoms with E-state index < -0.39 is 0 Å². The molecule has 0 radical (unpaired) electrons. The molecular formula is C23H25N3O3. The number of anilines is 1. The number of allylic oxidation sites excluding steroid dienone is 1. The Kier molecular flexibility index (Phi) is 6.02. The summed E-state index contributed by atoms with van der Waals surface area (Å²) in [5.41, 5.74) is 4.54. The van der Waals surface area contributed by atoms with Crippen molar-refractivity contribution in [3.63, 3.8) is 0 Å². The molecule has 1 aromatic heterocycles. The largest absolute Gasteiger partial charge is 0.493 e.